The predicted molar refractivity (Wildman–Crippen MR) is 121 cm³/mol. The Morgan fingerprint density at radius 1 is 1.00 bits per heavy atom. The fourth-order valence-electron chi connectivity index (χ4n) is 3.87. The topological polar surface area (TPSA) is 55.5 Å². The molecule has 0 amide bonds. The smallest absolute Gasteiger partial charge is 0.191 e. The summed E-state index contributed by atoms with van der Waals surface area (Å²) in [5.74, 6) is 0.840. The molecule has 2 aromatic carbocycles. The number of hydrogen-bond donors (Lipinski definition) is 3. The first-order valence-corrected chi connectivity index (χ1v) is 10.7. The first kappa shape index (κ1) is 19.5. The van der Waals surface area contributed by atoms with E-state index in [1.165, 1.54) is 48.0 Å². The van der Waals surface area contributed by atoms with Crippen LogP contribution in [0.2, 0.25) is 0 Å². The quantitative estimate of drug-likeness (QED) is 0.423. The van der Waals surface area contributed by atoms with E-state index in [0.717, 1.165) is 31.3 Å². The maximum atomic E-state index is 4.76. The standard InChI is InChI=1S/C24H31N5/c1-2-25-24(27-17-22-15-21-7-3-4-8-23(21)28-22)26-16-19-9-11-20(12-10-19)18-29-13-5-6-14-29/h3-4,7-12,15,28H,2,5-6,13-14,16-18H2,1H3,(H2,25,26,27). The molecule has 1 fully saturated rings. The Bertz CT molecular complexity index is 902. The summed E-state index contributed by atoms with van der Waals surface area (Å²) in [6.45, 7) is 7.86. The lowest BCUT2D eigenvalue weighted by molar-refractivity contribution is 0.331. The van der Waals surface area contributed by atoms with Crippen LogP contribution in [0, 0.1) is 0 Å². The van der Waals surface area contributed by atoms with E-state index in [0.29, 0.717) is 6.54 Å². The number of rotatable bonds is 7. The number of fused-ring (bicyclic) bond motifs is 1. The van der Waals surface area contributed by atoms with Crippen LogP contribution >= 0.6 is 0 Å². The molecule has 3 N–H and O–H groups in total. The summed E-state index contributed by atoms with van der Waals surface area (Å²) in [7, 11) is 0. The third-order valence-corrected chi connectivity index (χ3v) is 5.42. The summed E-state index contributed by atoms with van der Waals surface area (Å²) in [4.78, 5) is 10.7. The second-order valence-electron chi connectivity index (χ2n) is 7.73. The Labute approximate surface area is 173 Å². The van der Waals surface area contributed by atoms with Gasteiger partial charge in [-0.25, -0.2) is 4.99 Å². The molecule has 2 heterocycles. The summed E-state index contributed by atoms with van der Waals surface area (Å²) in [6, 6.07) is 19.4. The molecule has 1 aliphatic heterocycles. The lowest BCUT2D eigenvalue weighted by Crippen LogP contribution is -2.36. The Morgan fingerprint density at radius 2 is 1.76 bits per heavy atom. The number of para-hydroxylation sites is 1. The van der Waals surface area contributed by atoms with Crippen molar-refractivity contribution in [2.24, 2.45) is 4.99 Å². The van der Waals surface area contributed by atoms with Gasteiger partial charge in [0.15, 0.2) is 5.96 Å². The zero-order valence-electron chi connectivity index (χ0n) is 17.2. The molecule has 1 aromatic heterocycles. The van der Waals surface area contributed by atoms with E-state index in [1.54, 1.807) is 0 Å². The van der Waals surface area contributed by atoms with Gasteiger partial charge in [0, 0.05) is 24.3 Å². The van der Waals surface area contributed by atoms with Crippen LogP contribution in [0.15, 0.2) is 59.6 Å². The zero-order chi connectivity index (χ0) is 19.9. The third-order valence-electron chi connectivity index (χ3n) is 5.42. The summed E-state index contributed by atoms with van der Waals surface area (Å²) in [5.41, 5.74) is 4.95. The van der Waals surface area contributed by atoms with Crippen LogP contribution in [0.25, 0.3) is 10.9 Å². The zero-order valence-corrected chi connectivity index (χ0v) is 17.2. The molecular formula is C24H31N5. The first-order valence-electron chi connectivity index (χ1n) is 10.7. The maximum Gasteiger partial charge on any atom is 0.191 e. The molecular weight excluding hydrogens is 358 g/mol. The number of aliphatic imine (C=N–C) groups is 1. The van der Waals surface area contributed by atoms with Crippen molar-refractivity contribution >= 4 is 16.9 Å². The van der Waals surface area contributed by atoms with Gasteiger partial charge in [-0.3, -0.25) is 4.90 Å². The molecule has 4 rings (SSSR count). The molecule has 5 nitrogen and oxygen atoms in total. The van der Waals surface area contributed by atoms with Gasteiger partial charge in [-0.05, 0) is 61.5 Å². The second-order valence-corrected chi connectivity index (χ2v) is 7.73. The van der Waals surface area contributed by atoms with Crippen molar-refractivity contribution in [1.82, 2.24) is 20.5 Å². The lowest BCUT2D eigenvalue weighted by atomic mass is 10.1. The lowest BCUT2D eigenvalue weighted by Gasteiger charge is -2.14. The van der Waals surface area contributed by atoms with E-state index in [-0.39, 0.29) is 0 Å². The molecule has 0 spiro atoms. The van der Waals surface area contributed by atoms with Crippen LogP contribution in [-0.2, 0) is 19.6 Å². The summed E-state index contributed by atoms with van der Waals surface area (Å²) >= 11 is 0. The number of guanidine groups is 1. The number of hydrogen-bond acceptors (Lipinski definition) is 2. The average molecular weight is 390 g/mol. The molecule has 0 radical (unpaired) electrons. The number of benzene rings is 2. The number of H-pyrrole nitrogens is 1. The van der Waals surface area contributed by atoms with Crippen molar-refractivity contribution < 1.29 is 0 Å². The van der Waals surface area contributed by atoms with E-state index in [1.807, 2.05) is 0 Å². The van der Waals surface area contributed by atoms with Crippen molar-refractivity contribution in [3.05, 3.63) is 71.4 Å². The Morgan fingerprint density at radius 3 is 2.52 bits per heavy atom. The Hall–Kier alpha value is -2.79. The van der Waals surface area contributed by atoms with Gasteiger partial charge in [0.1, 0.15) is 0 Å². The minimum atomic E-state index is 0.673. The SMILES string of the molecule is CCNC(=NCc1ccc(CN2CCCC2)cc1)NCc1cc2ccccc2[nH]1. The minimum absolute atomic E-state index is 0.673. The molecule has 0 saturated carbocycles. The highest BCUT2D eigenvalue weighted by Crippen LogP contribution is 2.15. The predicted octanol–water partition coefficient (Wildman–Crippen LogP) is 4.02. The monoisotopic (exact) mass is 389 g/mol. The normalized spacial score (nSPS) is 15.1. The van der Waals surface area contributed by atoms with Gasteiger partial charge in [0.05, 0.1) is 13.1 Å². The van der Waals surface area contributed by atoms with Gasteiger partial charge in [0.25, 0.3) is 0 Å². The number of nitrogens with one attached hydrogen (secondary N) is 3. The van der Waals surface area contributed by atoms with Crippen LogP contribution in [0.3, 0.4) is 0 Å². The largest absolute Gasteiger partial charge is 0.357 e. The van der Waals surface area contributed by atoms with Gasteiger partial charge in [-0.15, -0.1) is 0 Å². The van der Waals surface area contributed by atoms with Crippen LogP contribution in [0.5, 0.6) is 0 Å². The van der Waals surface area contributed by atoms with Crippen molar-refractivity contribution in [1.29, 1.82) is 0 Å². The molecule has 5 heteroatoms. The number of likely N-dealkylation sites (tertiary alicyclic amines) is 1. The van der Waals surface area contributed by atoms with Crippen molar-refractivity contribution in [2.75, 3.05) is 19.6 Å². The summed E-state index contributed by atoms with van der Waals surface area (Å²) < 4.78 is 0. The van der Waals surface area contributed by atoms with E-state index >= 15 is 0 Å². The van der Waals surface area contributed by atoms with E-state index in [9.17, 15) is 0 Å². The molecule has 0 unspecified atom stereocenters. The summed E-state index contributed by atoms with van der Waals surface area (Å²) in [5, 5.41) is 8.00. The highest BCUT2D eigenvalue weighted by atomic mass is 15.2. The van der Waals surface area contributed by atoms with Crippen molar-refractivity contribution in [3.63, 3.8) is 0 Å². The van der Waals surface area contributed by atoms with Gasteiger partial charge in [-0.1, -0.05) is 42.5 Å². The van der Waals surface area contributed by atoms with E-state index < -0.39 is 0 Å². The van der Waals surface area contributed by atoms with Gasteiger partial charge >= 0.3 is 0 Å². The van der Waals surface area contributed by atoms with E-state index in [4.69, 9.17) is 4.99 Å². The molecule has 152 valence electrons. The Kier molecular flexibility index (Phi) is 6.47. The molecule has 3 aromatic rings. The third kappa shape index (κ3) is 5.39. The van der Waals surface area contributed by atoms with Crippen molar-refractivity contribution in [3.8, 4) is 0 Å². The highest BCUT2D eigenvalue weighted by Gasteiger charge is 2.11. The fraction of sp³-hybridized carbons (Fsp3) is 0.375. The van der Waals surface area contributed by atoms with Gasteiger partial charge < -0.3 is 15.6 Å². The van der Waals surface area contributed by atoms with Crippen LogP contribution in [0.1, 0.15) is 36.6 Å². The molecule has 0 aliphatic carbocycles. The number of nitrogens with zero attached hydrogens (tertiary/aromatic N) is 2. The van der Waals surface area contributed by atoms with Crippen molar-refractivity contribution in [2.45, 2.75) is 39.4 Å². The minimum Gasteiger partial charge on any atom is -0.357 e. The van der Waals surface area contributed by atoms with E-state index in [2.05, 4.69) is 82.0 Å². The van der Waals surface area contributed by atoms with Crippen LogP contribution in [0.4, 0.5) is 0 Å². The number of aromatic amines is 1. The van der Waals surface area contributed by atoms with Crippen LogP contribution in [-0.4, -0.2) is 35.5 Å². The Balaban J connectivity index is 1.33. The fourth-order valence-corrected chi connectivity index (χ4v) is 3.87. The number of aromatic nitrogens is 1. The highest BCUT2D eigenvalue weighted by molar-refractivity contribution is 5.81. The maximum absolute atomic E-state index is 4.76. The van der Waals surface area contributed by atoms with Gasteiger partial charge in [0.2, 0.25) is 0 Å². The molecule has 0 bridgehead atoms. The van der Waals surface area contributed by atoms with Gasteiger partial charge in [-0.2, -0.15) is 0 Å². The molecule has 29 heavy (non-hydrogen) atoms. The molecule has 1 saturated heterocycles. The molecule has 1 aliphatic rings. The second kappa shape index (κ2) is 9.61. The van der Waals surface area contributed by atoms with Crippen LogP contribution < -0.4 is 10.6 Å². The average Bonchev–Trinajstić information content (AvgIpc) is 3.40. The first-order chi connectivity index (χ1) is 14.3. The summed E-state index contributed by atoms with van der Waals surface area (Å²) in [6.07, 6.45) is 2.68. The molecule has 0 atom stereocenters.